The Bertz CT molecular complexity index is 1030. The van der Waals surface area contributed by atoms with Gasteiger partial charge >= 0.3 is 0 Å². The predicted octanol–water partition coefficient (Wildman–Crippen LogP) is 3.94. The lowest BCUT2D eigenvalue weighted by Gasteiger charge is -1.97. The molecule has 0 spiro atoms. The lowest BCUT2D eigenvalue weighted by atomic mass is 10.3. The Hall–Kier alpha value is -2.78. The van der Waals surface area contributed by atoms with Gasteiger partial charge in [0.05, 0.1) is 20.8 Å². The molecule has 0 aliphatic carbocycles. The molecular weight excluding hydrogens is 346 g/mol. The SMILES string of the molecule is O=[N+]([O-])c1ccc2nc(Sc3ncn(-c4ccccc4)n3)sc2c1. The molecule has 0 bridgehead atoms. The summed E-state index contributed by atoms with van der Waals surface area (Å²) in [4.78, 5) is 19.2. The summed E-state index contributed by atoms with van der Waals surface area (Å²) in [6, 6.07) is 14.3. The monoisotopic (exact) mass is 355 g/mol. The number of fused-ring (bicyclic) bond motifs is 1. The first-order valence-electron chi connectivity index (χ1n) is 6.89. The molecule has 0 aliphatic heterocycles. The highest BCUT2D eigenvalue weighted by molar-refractivity contribution is 8.01. The molecule has 118 valence electrons. The van der Waals surface area contributed by atoms with Gasteiger partial charge in [-0.05, 0) is 30.0 Å². The molecular formula is C15H9N5O2S2. The molecule has 0 aliphatic rings. The van der Waals surface area contributed by atoms with Crippen molar-refractivity contribution >= 4 is 39.0 Å². The van der Waals surface area contributed by atoms with Gasteiger partial charge in [-0.15, -0.1) is 16.4 Å². The minimum Gasteiger partial charge on any atom is -0.258 e. The van der Waals surface area contributed by atoms with Gasteiger partial charge in [-0.2, -0.15) is 0 Å². The fourth-order valence-corrected chi connectivity index (χ4v) is 4.05. The summed E-state index contributed by atoms with van der Waals surface area (Å²) in [5.41, 5.74) is 1.72. The van der Waals surface area contributed by atoms with Gasteiger partial charge in [-0.1, -0.05) is 18.2 Å². The number of hydrogen-bond donors (Lipinski definition) is 0. The van der Waals surface area contributed by atoms with E-state index in [0.717, 1.165) is 20.2 Å². The number of hydrogen-bond acceptors (Lipinski definition) is 7. The van der Waals surface area contributed by atoms with Crippen molar-refractivity contribution in [3.8, 4) is 5.69 Å². The van der Waals surface area contributed by atoms with E-state index in [-0.39, 0.29) is 5.69 Å². The Morgan fingerprint density at radius 1 is 1.17 bits per heavy atom. The number of nitrogens with zero attached hydrogens (tertiary/aromatic N) is 5. The summed E-state index contributed by atoms with van der Waals surface area (Å²) < 4.78 is 3.21. The number of nitro benzene ring substituents is 1. The zero-order chi connectivity index (χ0) is 16.5. The molecule has 7 nitrogen and oxygen atoms in total. The van der Waals surface area contributed by atoms with E-state index in [0.29, 0.717) is 5.16 Å². The van der Waals surface area contributed by atoms with E-state index in [2.05, 4.69) is 15.1 Å². The Balaban J connectivity index is 1.60. The Kier molecular flexibility index (Phi) is 3.71. The lowest BCUT2D eigenvalue weighted by molar-refractivity contribution is -0.384. The number of para-hydroxylation sites is 1. The van der Waals surface area contributed by atoms with Crippen molar-refractivity contribution in [3.63, 3.8) is 0 Å². The second-order valence-electron chi connectivity index (χ2n) is 4.80. The van der Waals surface area contributed by atoms with Gasteiger partial charge in [0.2, 0.25) is 5.16 Å². The van der Waals surface area contributed by atoms with Crippen LogP contribution in [0.5, 0.6) is 0 Å². The van der Waals surface area contributed by atoms with Crippen LogP contribution in [0.3, 0.4) is 0 Å². The van der Waals surface area contributed by atoms with E-state index >= 15 is 0 Å². The van der Waals surface area contributed by atoms with Crippen molar-refractivity contribution in [3.05, 3.63) is 65.0 Å². The van der Waals surface area contributed by atoms with Crippen LogP contribution in [0.25, 0.3) is 15.9 Å². The van der Waals surface area contributed by atoms with Gasteiger partial charge in [0, 0.05) is 12.1 Å². The van der Waals surface area contributed by atoms with Crippen molar-refractivity contribution in [2.45, 2.75) is 9.50 Å². The summed E-state index contributed by atoms with van der Waals surface area (Å²) in [5.74, 6) is 0. The fourth-order valence-electron chi connectivity index (χ4n) is 2.13. The largest absolute Gasteiger partial charge is 0.270 e. The number of thiazole rings is 1. The smallest absolute Gasteiger partial charge is 0.258 e. The maximum absolute atomic E-state index is 10.8. The van der Waals surface area contributed by atoms with Crippen molar-refractivity contribution in [2.24, 2.45) is 0 Å². The molecule has 24 heavy (non-hydrogen) atoms. The molecule has 0 N–H and O–H groups in total. The van der Waals surface area contributed by atoms with E-state index in [1.54, 1.807) is 17.1 Å². The molecule has 2 heterocycles. The number of rotatable bonds is 4. The van der Waals surface area contributed by atoms with Crippen LogP contribution in [-0.2, 0) is 0 Å². The summed E-state index contributed by atoms with van der Waals surface area (Å²) in [5, 5.41) is 15.8. The van der Waals surface area contributed by atoms with E-state index in [9.17, 15) is 10.1 Å². The Morgan fingerprint density at radius 3 is 2.79 bits per heavy atom. The highest BCUT2D eigenvalue weighted by Crippen LogP contribution is 2.34. The minimum atomic E-state index is -0.408. The first kappa shape index (κ1) is 14.8. The number of nitro groups is 1. The number of non-ortho nitro benzene ring substituents is 1. The summed E-state index contributed by atoms with van der Waals surface area (Å²) in [6.07, 6.45) is 1.65. The number of aromatic nitrogens is 4. The molecule has 0 unspecified atom stereocenters. The summed E-state index contributed by atoms with van der Waals surface area (Å²) >= 11 is 2.72. The van der Waals surface area contributed by atoms with Crippen LogP contribution in [0.2, 0.25) is 0 Å². The molecule has 0 atom stereocenters. The zero-order valence-electron chi connectivity index (χ0n) is 12.1. The Morgan fingerprint density at radius 2 is 2.00 bits per heavy atom. The molecule has 0 saturated carbocycles. The molecule has 9 heteroatoms. The van der Waals surface area contributed by atoms with Crippen LogP contribution in [0.15, 0.2) is 64.4 Å². The van der Waals surface area contributed by atoms with E-state index < -0.39 is 4.92 Å². The predicted molar refractivity (Wildman–Crippen MR) is 91.8 cm³/mol. The summed E-state index contributed by atoms with van der Waals surface area (Å²) in [7, 11) is 0. The van der Waals surface area contributed by atoms with Crippen LogP contribution in [-0.4, -0.2) is 24.7 Å². The van der Waals surface area contributed by atoms with Crippen LogP contribution >= 0.6 is 23.1 Å². The van der Waals surface area contributed by atoms with Gasteiger partial charge in [-0.3, -0.25) is 10.1 Å². The van der Waals surface area contributed by atoms with Crippen molar-refractivity contribution < 1.29 is 4.92 Å². The standard InChI is InChI=1S/C15H9N5O2S2/c21-20(22)11-6-7-12-13(8-11)23-15(17-12)24-14-16-9-19(18-14)10-4-2-1-3-5-10/h1-9H. The van der Waals surface area contributed by atoms with Crippen LogP contribution in [0.4, 0.5) is 5.69 Å². The molecule has 4 aromatic rings. The van der Waals surface area contributed by atoms with Gasteiger partial charge in [0.1, 0.15) is 6.33 Å². The van der Waals surface area contributed by atoms with Crippen LogP contribution < -0.4 is 0 Å². The van der Waals surface area contributed by atoms with Crippen molar-refractivity contribution in [1.29, 1.82) is 0 Å². The minimum absolute atomic E-state index is 0.0641. The first-order chi connectivity index (χ1) is 11.7. The van der Waals surface area contributed by atoms with Gasteiger partial charge in [0.25, 0.3) is 5.69 Å². The third-order valence-electron chi connectivity index (χ3n) is 3.23. The van der Waals surface area contributed by atoms with Crippen LogP contribution in [0, 0.1) is 10.1 Å². The highest BCUT2D eigenvalue weighted by Gasteiger charge is 2.13. The summed E-state index contributed by atoms with van der Waals surface area (Å²) in [6.45, 7) is 0. The Labute approximate surface area is 144 Å². The van der Waals surface area contributed by atoms with Crippen molar-refractivity contribution in [2.75, 3.05) is 0 Å². The van der Waals surface area contributed by atoms with Crippen LogP contribution in [0.1, 0.15) is 0 Å². The highest BCUT2D eigenvalue weighted by atomic mass is 32.2. The third kappa shape index (κ3) is 2.86. The van der Waals surface area contributed by atoms with Gasteiger partial charge < -0.3 is 0 Å². The average molecular weight is 355 g/mol. The third-order valence-corrected chi connectivity index (χ3v) is 5.18. The molecule has 0 saturated heterocycles. The molecule has 0 radical (unpaired) electrons. The molecule has 2 aromatic carbocycles. The number of benzene rings is 2. The second-order valence-corrected chi connectivity index (χ2v) is 7.04. The zero-order valence-corrected chi connectivity index (χ0v) is 13.7. The van der Waals surface area contributed by atoms with Crippen molar-refractivity contribution in [1.82, 2.24) is 19.7 Å². The maximum Gasteiger partial charge on any atom is 0.270 e. The van der Waals surface area contributed by atoms with Gasteiger partial charge in [0.15, 0.2) is 4.34 Å². The maximum atomic E-state index is 10.8. The van der Waals surface area contributed by atoms with E-state index in [4.69, 9.17) is 0 Å². The van der Waals surface area contributed by atoms with E-state index in [1.807, 2.05) is 30.3 Å². The van der Waals surface area contributed by atoms with Gasteiger partial charge in [-0.25, -0.2) is 14.6 Å². The lowest BCUT2D eigenvalue weighted by Crippen LogP contribution is -1.93. The molecule has 2 aromatic heterocycles. The average Bonchev–Trinajstić information content (AvgIpc) is 3.21. The van der Waals surface area contributed by atoms with E-state index in [1.165, 1.54) is 35.2 Å². The first-order valence-corrected chi connectivity index (χ1v) is 8.52. The second kappa shape index (κ2) is 6.02. The fraction of sp³-hybridized carbons (Fsp3) is 0. The topological polar surface area (TPSA) is 86.7 Å². The molecule has 0 amide bonds. The quantitative estimate of drug-likeness (QED) is 0.407. The molecule has 0 fully saturated rings. The normalized spacial score (nSPS) is 11.0. The molecule has 4 rings (SSSR count).